The van der Waals surface area contributed by atoms with Crippen molar-refractivity contribution in [1.82, 2.24) is 25.1 Å². The first kappa shape index (κ1) is 19.5. The predicted octanol–water partition coefficient (Wildman–Crippen LogP) is 2.94. The maximum Gasteiger partial charge on any atom is 0.254 e. The van der Waals surface area contributed by atoms with Gasteiger partial charge in [-0.2, -0.15) is 4.68 Å². The Balaban J connectivity index is 1.47. The van der Waals surface area contributed by atoms with Crippen LogP contribution in [0.1, 0.15) is 10.4 Å². The third kappa shape index (κ3) is 3.86. The van der Waals surface area contributed by atoms with Crippen LogP contribution in [0.5, 0.6) is 5.75 Å². The monoisotopic (exact) mass is 432 g/mol. The van der Waals surface area contributed by atoms with Gasteiger partial charge in [0.2, 0.25) is 5.95 Å². The molecule has 1 saturated heterocycles. The van der Waals surface area contributed by atoms with Crippen LogP contribution in [0.25, 0.3) is 5.69 Å². The average molecular weight is 433 g/mol. The molecule has 3 aromatic rings. The van der Waals surface area contributed by atoms with Gasteiger partial charge in [0.25, 0.3) is 5.91 Å². The second kappa shape index (κ2) is 8.26. The molecule has 29 heavy (non-hydrogen) atoms. The van der Waals surface area contributed by atoms with Gasteiger partial charge in [0.05, 0.1) is 22.8 Å². The number of methoxy groups -OCH3 is 1. The zero-order valence-corrected chi connectivity index (χ0v) is 17.1. The van der Waals surface area contributed by atoms with E-state index in [1.807, 2.05) is 30.3 Å². The van der Waals surface area contributed by atoms with Crippen molar-refractivity contribution in [1.29, 1.82) is 0 Å². The van der Waals surface area contributed by atoms with Gasteiger partial charge in [-0.15, -0.1) is 0 Å². The zero-order chi connectivity index (χ0) is 20.4. The molecule has 1 aliphatic rings. The van der Waals surface area contributed by atoms with E-state index < -0.39 is 0 Å². The largest absolute Gasteiger partial charge is 0.494 e. The molecule has 2 heterocycles. The smallest absolute Gasteiger partial charge is 0.254 e. The molecule has 0 unspecified atom stereocenters. The van der Waals surface area contributed by atoms with Crippen LogP contribution < -0.4 is 9.64 Å². The molecule has 150 valence electrons. The Kier molecular flexibility index (Phi) is 5.55. The van der Waals surface area contributed by atoms with Crippen LogP contribution in [0.3, 0.4) is 0 Å². The Hall–Kier alpha value is -2.84. The maximum absolute atomic E-state index is 12.9. The summed E-state index contributed by atoms with van der Waals surface area (Å²) in [6.07, 6.45) is 0. The third-order valence-corrected chi connectivity index (χ3v) is 5.31. The summed E-state index contributed by atoms with van der Waals surface area (Å²) in [6.45, 7) is 2.27. The molecular formula is C19H18Cl2N6O2. The van der Waals surface area contributed by atoms with Crippen molar-refractivity contribution in [3.05, 3.63) is 58.1 Å². The number of anilines is 1. The SMILES string of the molecule is COc1c(Cl)cc(C(=O)N2CCN(c3nnnn3-c3ccccc3)CC2)cc1Cl. The summed E-state index contributed by atoms with van der Waals surface area (Å²) in [4.78, 5) is 16.7. The number of para-hydroxylation sites is 1. The minimum atomic E-state index is -0.126. The Labute approximate surface area is 177 Å². The summed E-state index contributed by atoms with van der Waals surface area (Å²) in [5, 5.41) is 12.7. The Morgan fingerprint density at radius 1 is 1.03 bits per heavy atom. The number of hydrogen-bond acceptors (Lipinski definition) is 6. The number of hydrogen-bond donors (Lipinski definition) is 0. The van der Waals surface area contributed by atoms with Gasteiger partial charge in [-0.3, -0.25) is 4.79 Å². The van der Waals surface area contributed by atoms with Crippen molar-refractivity contribution in [2.75, 3.05) is 38.2 Å². The lowest BCUT2D eigenvalue weighted by molar-refractivity contribution is 0.0746. The van der Waals surface area contributed by atoms with Gasteiger partial charge in [0, 0.05) is 31.7 Å². The lowest BCUT2D eigenvalue weighted by Gasteiger charge is -2.34. The molecule has 1 amide bonds. The molecule has 0 N–H and O–H groups in total. The molecule has 0 spiro atoms. The molecule has 0 aliphatic carbocycles. The highest BCUT2D eigenvalue weighted by atomic mass is 35.5. The van der Waals surface area contributed by atoms with Crippen molar-refractivity contribution < 1.29 is 9.53 Å². The maximum atomic E-state index is 12.9. The number of amides is 1. The summed E-state index contributed by atoms with van der Waals surface area (Å²) in [6, 6.07) is 12.8. The van der Waals surface area contributed by atoms with Gasteiger partial charge < -0.3 is 14.5 Å². The molecule has 1 aromatic heterocycles. The minimum Gasteiger partial charge on any atom is -0.494 e. The fourth-order valence-electron chi connectivity index (χ4n) is 3.29. The van der Waals surface area contributed by atoms with Crippen LogP contribution in [0, 0.1) is 0 Å². The van der Waals surface area contributed by atoms with Crippen molar-refractivity contribution in [2.45, 2.75) is 0 Å². The van der Waals surface area contributed by atoms with E-state index in [-0.39, 0.29) is 5.91 Å². The van der Waals surface area contributed by atoms with E-state index in [0.29, 0.717) is 53.5 Å². The highest BCUT2D eigenvalue weighted by molar-refractivity contribution is 6.37. The third-order valence-electron chi connectivity index (χ3n) is 4.75. The van der Waals surface area contributed by atoms with Crippen LogP contribution >= 0.6 is 23.2 Å². The number of rotatable bonds is 4. The molecule has 0 radical (unpaired) electrons. The highest BCUT2D eigenvalue weighted by Crippen LogP contribution is 2.34. The van der Waals surface area contributed by atoms with Crippen molar-refractivity contribution in [2.24, 2.45) is 0 Å². The number of carbonyl (C=O) groups is 1. The van der Waals surface area contributed by atoms with E-state index >= 15 is 0 Å². The molecule has 0 saturated carbocycles. The molecule has 2 aromatic carbocycles. The normalized spacial score (nSPS) is 14.2. The second-order valence-electron chi connectivity index (χ2n) is 6.48. The van der Waals surface area contributed by atoms with Gasteiger partial charge in [-0.1, -0.05) is 46.5 Å². The first-order valence-corrected chi connectivity index (χ1v) is 9.75. The molecule has 4 rings (SSSR count). The van der Waals surface area contributed by atoms with E-state index in [1.54, 1.807) is 21.7 Å². The topological polar surface area (TPSA) is 76.4 Å². The lowest BCUT2D eigenvalue weighted by Crippen LogP contribution is -2.49. The summed E-state index contributed by atoms with van der Waals surface area (Å²) in [7, 11) is 1.48. The Bertz CT molecular complexity index is 996. The first-order valence-electron chi connectivity index (χ1n) is 8.99. The van der Waals surface area contributed by atoms with Crippen LogP contribution in [0.15, 0.2) is 42.5 Å². The lowest BCUT2D eigenvalue weighted by atomic mass is 10.1. The van der Waals surface area contributed by atoms with E-state index in [2.05, 4.69) is 20.4 Å². The molecule has 1 aliphatic heterocycles. The summed E-state index contributed by atoms with van der Waals surface area (Å²) in [5.41, 5.74) is 1.32. The summed E-state index contributed by atoms with van der Waals surface area (Å²) < 4.78 is 6.84. The number of ether oxygens (including phenoxy) is 1. The molecule has 1 fully saturated rings. The van der Waals surface area contributed by atoms with Gasteiger partial charge in [0.15, 0.2) is 5.75 Å². The molecular weight excluding hydrogens is 415 g/mol. The van der Waals surface area contributed by atoms with Crippen molar-refractivity contribution in [3.63, 3.8) is 0 Å². The predicted molar refractivity (Wildman–Crippen MR) is 110 cm³/mol. The number of halogens is 2. The fourth-order valence-corrected chi connectivity index (χ4v) is 3.93. The molecule has 10 heteroatoms. The molecule has 0 bridgehead atoms. The fraction of sp³-hybridized carbons (Fsp3) is 0.263. The van der Waals surface area contributed by atoms with Crippen molar-refractivity contribution >= 4 is 35.1 Å². The van der Waals surface area contributed by atoms with E-state index in [4.69, 9.17) is 27.9 Å². The van der Waals surface area contributed by atoms with E-state index in [0.717, 1.165) is 5.69 Å². The average Bonchev–Trinajstić information content (AvgIpc) is 3.24. The summed E-state index contributed by atoms with van der Waals surface area (Å²) in [5.74, 6) is 0.889. The standard InChI is InChI=1S/C19H18Cl2N6O2/c1-29-17-15(20)11-13(12-16(17)21)18(28)25-7-9-26(10-8-25)19-22-23-24-27(19)14-5-3-2-4-6-14/h2-6,11-12H,7-10H2,1H3. The van der Waals surface area contributed by atoms with Gasteiger partial charge in [-0.25, -0.2) is 0 Å². The van der Waals surface area contributed by atoms with Crippen LogP contribution in [-0.4, -0.2) is 64.3 Å². The highest BCUT2D eigenvalue weighted by Gasteiger charge is 2.26. The minimum absolute atomic E-state index is 0.126. The number of aromatic nitrogens is 4. The van der Waals surface area contributed by atoms with Gasteiger partial charge >= 0.3 is 0 Å². The number of piperazine rings is 1. The number of tetrazole rings is 1. The Morgan fingerprint density at radius 3 is 2.31 bits per heavy atom. The quantitative estimate of drug-likeness (QED) is 0.630. The van der Waals surface area contributed by atoms with E-state index in [9.17, 15) is 4.79 Å². The molecule has 8 nitrogen and oxygen atoms in total. The molecule has 0 atom stereocenters. The number of nitrogens with zero attached hydrogens (tertiary/aromatic N) is 6. The van der Waals surface area contributed by atoms with Gasteiger partial charge in [0.1, 0.15) is 0 Å². The van der Waals surface area contributed by atoms with Crippen LogP contribution in [-0.2, 0) is 0 Å². The number of carbonyl (C=O) groups excluding carboxylic acids is 1. The zero-order valence-electron chi connectivity index (χ0n) is 15.6. The second-order valence-corrected chi connectivity index (χ2v) is 7.29. The first-order chi connectivity index (χ1) is 14.1. The van der Waals surface area contributed by atoms with Gasteiger partial charge in [-0.05, 0) is 34.7 Å². The Morgan fingerprint density at radius 2 is 1.69 bits per heavy atom. The van der Waals surface area contributed by atoms with Crippen LogP contribution in [0.2, 0.25) is 10.0 Å². The summed E-state index contributed by atoms with van der Waals surface area (Å²) >= 11 is 12.3. The van der Waals surface area contributed by atoms with E-state index in [1.165, 1.54) is 7.11 Å². The van der Waals surface area contributed by atoms with Crippen molar-refractivity contribution in [3.8, 4) is 11.4 Å². The van der Waals surface area contributed by atoms with Crippen LogP contribution in [0.4, 0.5) is 5.95 Å². The number of benzene rings is 2.